The van der Waals surface area contributed by atoms with Crippen LogP contribution in [-0.4, -0.2) is 36.1 Å². The molecule has 0 saturated heterocycles. The zero-order chi connectivity index (χ0) is 15.8. The van der Waals surface area contributed by atoms with Crippen LogP contribution in [0.25, 0.3) is 0 Å². The standard InChI is InChI=1S/C18H40N2/c1-9-18(10-2,20(12-4)13-5)16(19-11-3)14-15-17(6,7)8/h16,19H,9-15H2,1-8H3. The van der Waals surface area contributed by atoms with Crippen molar-refractivity contribution in [3.8, 4) is 0 Å². The molecular weight excluding hydrogens is 244 g/mol. The summed E-state index contributed by atoms with van der Waals surface area (Å²) < 4.78 is 0. The van der Waals surface area contributed by atoms with Crippen LogP contribution in [0.15, 0.2) is 0 Å². The highest BCUT2D eigenvalue weighted by atomic mass is 15.2. The lowest BCUT2D eigenvalue weighted by Gasteiger charge is -2.49. The van der Waals surface area contributed by atoms with Gasteiger partial charge in [0.25, 0.3) is 0 Å². The first-order valence-corrected chi connectivity index (χ1v) is 8.79. The quantitative estimate of drug-likeness (QED) is 0.626. The molecule has 122 valence electrons. The van der Waals surface area contributed by atoms with Crippen molar-refractivity contribution in [1.29, 1.82) is 0 Å². The molecule has 0 aliphatic heterocycles. The van der Waals surface area contributed by atoms with E-state index in [1.165, 1.54) is 25.7 Å². The third kappa shape index (κ3) is 5.37. The van der Waals surface area contributed by atoms with Gasteiger partial charge >= 0.3 is 0 Å². The summed E-state index contributed by atoms with van der Waals surface area (Å²) in [6.45, 7) is 22.0. The van der Waals surface area contributed by atoms with Crippen LogP contribution in [0.5, 0.6) is 0 Å². The third-order valence-corrected chi connectivity index (χ3v) is 4.90. The van der Waals surface area contributed by atoms with Crippen molar-refractivity contribution in [2.45, 2.75) is 92.7 Å². The van der Waals surface area contributed by atoms with Crippen LogP contribution in [0, 0.1) is 5.41 Å². The van der Waals surface area contributed by atoms with Gasteiger partial charge in [-0.05, 0) is 50.7 Å². The van der Waals surface area contributed by atoms with Crippen molar-refractivity contribution in [1.82, 2.24) is 10.2 Å². The molecule has 0 heterocycles. The Labute approximate surface area is 128 Å². The number of rotatable bonds is 10. The summed E-state index contributed by atoms with van der Waals surface area (Å²) in [4.78, 5) is 2.68. The molecule has 0 spiro atoms. The topological polar surface area (TPSA) is 15.3 Å². The van der Waals surface area contributed by atoms with Crippen molar-refractivity contribution in [2.75, 3.05) is 19.6 Å². The fourth-order valence-electron chi connectivity index (χ4n) is 3.65. The predicted octanol–water partition coefficient (Wildman–Crippen LogP) is 4.69. The molecule has 2 nitrogen and oxygen atoms in total. The Morgan fingerprint density at radius 2 is 1.40 bits per heavy atom. The molecule has 1 unspecified atom stereocenters. The Kier molecular flexibility index (Phi) is 9.01. The van der Waals surface area contributed by atoms with Gasteiger partial charge in [-0.2, -0.15) is 0 Å². The summed E-state index contributed by atoms with van der Waals surface area (Å²) in [7, 11) is 0. The summed E-state index contributed by atoms with van der Waals surface area (Å²) in [5.74, 6) is 0. The molecule has 0 aromatic carbocycles. The second kappa shape index (κ2) is 9.04. The number of likely N-dealkylation sites (N-methyl/N-ethyl adjacent to an activating group) is 2. The number of nitrogens with one attached hydrogen (secondary N) is 1. The summed E-state index contributed by atoms with van der Waals surface area (Å²) >= 11 is 0. The second-order valence-electron chi connectivity index (χ2n) is 7.19. The summed E-state index contributed by atoms with van der Waals surface area (Å²) in [6, 6.07) is 0.599. The summed E-state index contributed by atoms with van der Waals surface area (Å²) in [5.41, 5.74) is 0.731. The van der Waals surface area contributed by atoms with E-state index in [4.69, 9.17) is 0 Å². The molecule has 0 saturated carbocycles. The average molecular weight is 285 g/mol. The Morgan fingerprint density at radius 1 is 0.900 bits per heavy atom. The van der Waals surface area contributed by atoms with Gasteiger partial charge in [0.2, 0.25) is 0 Å². The minimum Gasteiger partial charge on any atom is -0.312 e. The van der Waals surface area contributed by atoms with Crippen LogP contribution in [0.1, 0.15) is 81.1 Å². The molecule has 0 aromatic rings. The van der Waals surface area contributed by atoms with E-state index in [0.29, 0.717) is 17.0 Å². The molecule has 0 bridgehead atoms. The van der Waals surface area contributed by atoms with Gasteiger partial charge in [0.1, 0.15) is 0 Å². The average Bonchev–Trinajstić information content (AvgIpc) is 2.40. The zero-order valence-electron chi connectivity index (χ0n) is 15.5. The lowest BCUT2D eigenvalue weighted by Crippen LogP contribution is -2.61. The largest absolute Gasteiger partial charge is 0.312 e. The predicted molar refractivity (Wildman–Crippen MR) is 92.4 cm³/mol. The molecular formula is C18H40N2. The van der Waals surface area contributed by atoms with Gasteiger partial charge in [-0.15, -0.1) is 0 Å². The maximum atomic E-state index is 3.81. The van der Waals surface area contributed by atoms with Gasteiger partial charge in [0.05, 0.1) is 0 Å². The molecule has 0 fully saturated rings. The van der Waals surface area contributed by atoms with Gasteiger partial charge < -0.3 is 5.32 Å². The first-order valence-electron chi connectivity index (χ1n) is 8.79. The maximum absolute atomic E-state index is 3.81. The van der Waals surface area contributed by atoms with Crippen molar-refractivity contribution in [3.05, 3.63) is 0 Å². The monoisotopic (exact) mass is 284 g/mol. The van der Waals surface area contributed by atoms with Crippen molar-refractivity contribution in [2.24, 2.45) is 5.41 Å². The molecule has 0 aromatic heterocycles. The number of nitrogens with zero attached hydrogens (tertiary/aromatic N) is 1. The molecule has 0 amide bonds. The van der Waals surface area contributed by atoms with E-state index in [-0.39, 0.29) is 0 Å². The minimum atomic E-state index is 0.310. The van der Waals surface area contributed by atoms with Crippen molar-refractivity contribution < 1.29 is 0 Å². The SMILES string of the molecule is CCNC(CCC(C)(C)C)C(CC)(CC)N(CC)CC. The molecule has 20 heavy (non-hydrogen) atoms. The molecule has 0 radical (unpaired) electrons. The van der Waals surface area contributed by atoms with E-state index in [9.17, 15) is 0 Å². The van der Waals surface area contributed by atoms with E-state index in [0.717, 1.165) is 19.6 Å². The van der Waals surface area contributed by atoms with Gasteiger partial charge in [0.15, 0.2) is 0 Å². The van der Waals surface area contributed by atoms with Crippen LogP contribution < -0.4 is 5.32 Å². The first-order chi connectivity index (χ1) is 9.31. The highest BCUT2D eigenvalue weighted by molar-refractivity contribution is 4.98. The maximum Gasteiger partial charge on any atom is 0.0357 e. The molecule has 1 N–H and O–H groups in total. The molecule has 2 heteroatoms. The van der Waals surface area contributed by atoms with Gasteiger partial charge in [-0.25, -0.2) is 0 Å². The molecule has 0 rings (SSSR count). The lowest BCUT2D eigenvalue weighted by atomic mass is 9.77. The van der Waals surface area contributed by atoms with E-state index < -0.39 is 0 Å². The lowest BCUT2D eigenvalue weighted by molar-refractivity contribution is 0.0426. The van der Waals surface area contributed by atoms with Crippen LogP contribution in [0.3, 0.4) is 0 Å². The van der Waals surface area contributed by atoms with Crippen molar-refractivity contribution >= 4 is 0 Å². The smallest absolute Gasteiger partial charge is 0.0357 e. The fraction of sp³-hybridized carbons (Fsp3) is 1.00. The molecule has 0 aliphatic carbocycles. The van der Waals surface area contributed by atoms with E-state index >= 15 is 0 Å². The molecule has 1 atom stereocenters. The number of hydrogen-bond donors (Lipinski definition) is 1. The summed E-state index contributed by atoms with van der Waals surface area (Å²) in [5, 5.41) is 3.81. The van der Waals surface area contributed by atoms with Crippen molar-refractivity contribution in [3.63, 3.8) is 0 Å². The Bertz CT molecular complexity index is 234. The van der Waals surface area contributed by atoms with E-state index in [2.05, 4.69) is 65.6 Å². The van der Waals surface area contributed by atoms with E-state index in [1.54, 1.807) is 0 Å². The van der Waals surface area contributed by atoms with E-state index in [1.807, 2.05) is 0 Å². The fourth-order valence-corrected chi connectivity index (χ4v) is 3.65. The Balaban J connectivity index is 5.20. The van der Waals surface area contributed by atoms with Crippen LogP contribution >= 0.6 is 0 Å². The number of hydrogen-bond acceptors (Lipinski definition) is 2. The van der Waals surface area contributed by atoms with Crippen LogP contribution in [-0.2, 0) is 0 Å². The third-order valence-electron chi connectivity index (χ3n) is 4.90. The minimum absolute atomic E-state index is 0.310. The van der Waals surface area contributed by atoms with Gasteiger partial charge in [0, 0.05) is 11.6 Å². The Hall–Kier alpha value is -0.0800. The second-order valence-corrected chi connectivity index (χ2v) is 7.19. The highest BCUT2D eigenvalue weighted by Crippen LogP contribution is 2.33. The Morgan fingerprint density at radius 3 is 1.70 bits per heavy atom. The zero-order valence-corrected chi connectivity index (χ0v) is 15.5. The molecule has 0 aliphatic rings. The van der Waals surface area contributed by atoms with Crippen LogP contribution in [0.2, 0.25) is 0 Å². The summed E-state index contributed by atoms with van der Waals surface area (Å²) in [6.07, 6.45) is 5.02. The normalized spacial score (nSPS) is 14.8. The van der Waals surface area contributed by atoms with Gasteiger partial charge in [-0.3, -0.25) is 4.90 Å². The highest BCUT2D eigenvalue weighted by Gasteiger charge is 2.39. The van der Waals surface area contributed by atoms with Crippen LogP contribution in [0.4, 0.5) is 0 Å². The first kappa shape index (κ1) is 19.9. The van der Waals surface area contributed by atoms with Gasteiger partial charge in [-0.1, -0.05) is 55.4 Å².